The number of nitrogens with zero attached hydrogens (tertiary/aromatic N) is 8. The van der Waals surface area contributed by atoms with Crippen LogP contribution in [-0.2, 0) is 13.0 Å². The molecule has 0 radical (unpaired) electrons. The van der Waals surface area contributed by atoms with Crippen LogP contribution in [0.2, 0.25) is 0 Å². The first kappa shape index (κ1) is 22.2. The van der Waals surface area contributed by atoms with Gasteiger partial charge < -0.3 is 5.32 Å². The largest absolute Gasteiger partial charge is 0.382 e. The van der Waals surface area contributed by atoms with Crippen molar-refractivity contribution in [3.63, 3.8) is 0 Å². The average molecular weight is 464 g/mol. The molecular formula is C26H25N9. The summed E-state index contributed by atoms with van der Waals surface area (Å²) >= 11 is 0. The molecule has 0 spiro atoms. The molecule has 0 amide bonds. The Morgan fingerprint density at radius 2 is 1.91 bits per heavy atom. The summed E-state index contributed by atoms with van der Waals surface area (Å²) in [6, 6.07) is 16.5. The van der Waals surface area contributed by atoms with Crippen LogP contribution in [0, 0.1) is 11.3 Å². The van der Waals surface area contributed by atoms with Gasteiger partial charge in [-0.05, 0) is 38.3 Å². The lowest BCUT2D eigenvalue weighted by Gasteiger charge is -2.14. The molecule has 5 aromatic rings. The Hall–Kier alpha value is -4.58. The third kappa shape index (κ3) is 4.87. The van der Waals surface area contributed by atoms with Gasteiger partial charge in [-0.25, -0.2) is 9.97 Å². The van der Waals surface area contributed by atoms with Crippen LogP contribution < -0.4 is 5.32 Å². The van der Waals surface area contributed by atoms with Crippen molar-refractivity contribution < 1.29 is 0 Å². The van der Waals surface area contributed by atoms with Crippen LogP contribution in [-0.4, -0.2) is 40.8 Å². The van der Waals surface area contributed by atoms with E-state index >= 15 is 0 Å². The highest BCUT2D eigenvalue weighted by atomic mass is 15.4. The van der Waals surface area contributed by atoms with Crippen molar-refractivity contribution in [2.45, 2.75) is 39.3 Å². The van der Waals surface area contributed by atoms with E-state index in [-0.39, 0.29) is 6.04 Å². The smallest absolute Gasteiger partial charge is 0.164 e. The summed E-state index contributed by atoms with van der Waals surface area (Å²) in [5.74, 6) is 0.624. The van der Waals surface area contributed by atoms with E-state index in [2.05, 4.69) is 74.9 Å². The zero-order valence-electron chi connectivity index (χ0n) is 19.6. The first-order valence-corrected chi connectivity index (χ1v) is 11.6. The van der Waals surface area contributed by atoms with Crippen molar-refractivity contribution in [1.82, 2.24) is 34.7 Å². The van der Waals surface area contributed by atoms with Gasteiger partial charge in [0.15, 0.2) is 11.5 Å². The van der Waals surface area contributed by atoms with Gasteiger partial charge in [0.2, 0.25) is 0 Å². The lowest BCUT2D eigenvalue weighted by atomic mass is 10.1. The third-order valence-corrected chi connectivity index (χ3v) is 5.60. The molecule has 0 aliphatic carbocycles. The molecule has 9 nitrogen and oxygen atoms in total. The van der Waals surface area contributed by atoms with E-state index in [1.54, 1.807) is 23.1 Å². The molecule has 0 saturated carbocycles. The van der Waals surface area contributed by atoms with Crippen LogP contribution in [0.25, 0.3) is 28.1 Å². The number of hydrogen-bond donors (Lipinski definition) is 1. The molecule has 0 atom stereocenters. The standard InChI is InChI=1S/C26H25N9/c1-18(2)31-23-12-25(35-26-21(15-30-35)11-20(13-27)14-29-26)28-16-22(23)24-17-34(33-32-24)10-6-9-19-7-4-3-5-8-19/h3-5,7-8,11-12,14-18H,6,9-10H2,1-2H3,(H,28,31). The first-order chi connectivity index (χ1) is 17.1. The van der Waals surface area contributed by atoms with Crippen LogP contribution >= 0.6 is 0 Å². The monoisotopic (exact) mass is 463 g/mol. The molecule has 1 aromatic carbocycles. The number of aromatic nitrogens is 7. The highest BCUT2D eigenvalue weighted by Crippen LogP contribution is 2.29. The maximum absolute atomic E-state index is 9.13. The predicted octanol–water partition coefficient (Wildman–Crippen LogP) is 4.40. The Labute approximate surface area is 203 Å². The fourth-order valence-electron chi connectivity index (χ4n) is 3.97. The van der Waals surface area contributed by atoms with Crippen LogP contribution in [0.5, 0.6) is 0 Å². The Kier molecular flexibility index (Phi) is 6.18. The molecule has 9 heteroatoms. The Morgan fingerprint density at radius 3 is 2.71 bits per heavy atom. The fourth-order valence-corrected chi connectivity index (χ4v) is 3.97. The zero-order valence-corrected chi connectivity index (χ0v) is 19.6. The number of nitriles is 1. The highest BCUT2D eigenvalue weighted by Gasteiger charge is 2.15. The van der Waals surface area contributed by atoms with Gasteiger partial charge >= 0.3 is 0 Å². The van der Waals surface area contributed by atoms with Crippen LogP contribution in [0.4, 0.5) is 5.69 Å². The van der Waals surface area contributed by atoms with E-state index in [0.717, 1.165) is 41.7 Å². The molecule has 0 aliphatic heterocycles. The number of fused-ring (bicyclic) bond motifs is 1. The van der Waals surface area contributed by atoms with Gasteiger partial charge in [-0.3, -0.25) is 4.68 Å². The number of rotatable bonds is 8. The Bertz CT molecular complexity index is 1490. The maximum Gasteiger partial charge on any atom is 0.164 e. The molecule has 4 aromatic heterocycles. The van der Waals surface area contributed by atoms with Crippen molar-refractivity contribution >= 4 is 16.7 Å². The van der Waals surface area contributed by atoms with Crippen LogP contribution in [0.1, 0.15) is 31.4 Å². The molecule has 174 valence electrons. The highest BCUT2D eigenvalue weighted by molar-refractivity contribution is 5.79. The number of nitrogens with one attached hydrogen (secondary N) is 1. The van der Waals surface area contributed by atoms with E-state index in [1.807, 2.05) is 23.0 Å². The number of hydrogen-bond acceptors (Lipinski definition) is 7. The van der Waals surface area contributed by atoms with E-state index in [0.29, 0.717) is 17.0 Å². The Balaban J connectivity index is 1.40. The van der Waals surface area contributed by atoms with Crippen LogP contribution in [0.3, 0.4) is 0 Å². The fraction of sp³-hybridized carbons (Fsp3) is 0.231. The molecule has 0 saturated heterocycles. The third-order valence-electron chi connectivity index (χ3n) is 5.60. The van der Waals surface area contributed by atoms with E-state index in [9.17, 15) is 0 Å². The molecule has 0 bridgehead atoms. The first-order valence-electron chi connectivity index (χ1n) is 11.6. The second-order valence-electron chi connectivity index (χ2n) is 8.65. The SMILES string of the molecule is CC(C)Nc1cc(-n2ncc3cc(C#N)cnc32)ncc1-c1cn(CCCc2ccccc2)nn1. The van der Waals surface area contributed by atoms with E-state index in [1.165, 1.54) is 11.8 Å². The van der Waals surface area contributed by atoms with Crippen molar-refractivity contribution in [2.24, 2.45) is 0 Å². The minimum absolute atomic E-state index is 0.204. The van der Waals surface area contributed by atoms with Gasteiger partial charge in [0.1, 0.15) is 11.8 Å². The maximum atomic E-state index is 9.13. The minimum atomic E-state index is 0.204. The topological polar surface area (TPSA) is 110 Å². The van der Waals surface area contributed by atoms with Gasteiger partial charge in [-0.15, -0.1) is 5.10 Å². The lowest BCUT2D eigenvalue weighted by Crippen LogP contribution is -2.12. The number of aryl methyl sites for hydroxylation is 2. The van der Waals surface area contributed by atoms with Gasteiger partial charge in [0.05, 0.1) is 18.0 Å². The average Bonchev–Trinajstić information content (AvgIpc) is 3.51. The van der Waals surface area contributed by atoms with Crippen molar-refractivity contribution in [2.75, 3.05) is 5.32 Å². The normalized spacial score (nSPS) is 11.1. The van der Waals surface area contributed by atoms with Crippen molar-refractivity contribution in [1.29, 1.82) is 5.26 Å². The molecule has 0 unspecified atom stereocenters. The molecule has 0 fully saturated rings. The van der Waals surface area contributed by atoms with Crippen molar-refractivity contribution in [3.05, 3.63) is 78.4 Å². The number of anilines is 1. The summed E-state index contributed by atoms with van der Waals surface area (Å²) in [4.78, 5) is 9.05. The molecule has 5 rings (SSSR count). The van der Waals surface area contributed by atoms with Gasteiger partial charge in [-0.1, -0.05) is 35.5 Å². The van der Waals surface area contributed by atoms with Gasteiger partial charge in [-0.2, -0.15) is 15.0 Å². The minimum Gasteiger partial charge on any atom is -0.382 e. The summed E-state index contributed by atoms with van der Waals surface area (Å²) in [5, 5.41) is 26.6. The summed E-state index contributed by atoms with van der Waals surface area (Å²) in [6.07, 6.45) is 8.95. The summed E-state index contributed by atoms with van der Waals surface area (Å²) in [6.45, 7) is 4.95. The van der Waals surface area contributed by atoms with Crippen LogP contribution in [0.15, 0.2) is 67.3 Å². The molecule has 1 N–H and O–H groups in total. The second-order valence-corrected chi connectivity index (χ2v) is 8.65. The van der Waals surface area contributed by atoms with E-state index in [4.69, 9.17) is 5.26 Å². The summed E-state index contributed by atoms with van der Waals surface area (Å²) in [7, 11) is 0. The second kappa shape index (κ2) is 9.73. The predicted molar refractivity (Wildman–Crippen MR) is 134 cm³/mol. The quantitative estimate of drug-likeness (QED) is 0.363. The van der Waals surface area contributed by atoms with E-state index < -0.39 is 0 Å². The summed E-state index contributed by atoms with van der Waals surface area (Å²) < 4.78 is 3.55. The Morgan fingerprint density at radius 1 is 1.06 bits per heavy atom. The summed E-state index contributed by atoms with van der Waals surface area (Å²) in [5.41, 5.74) is 4.97. The zero-order chi connectivity index (χ0) is 24.2. The molecular weight excluding hydrogens is 438 g/mol. The van der Waals surface area contributed by atoms with Gasteiger partial charge in [0.25, 0.3) is 0 Å². The molecule has 0 aliphatic rings. The lowest BCUT2D eigenvalue weighted by molar-refractivity contribution is 0.559. The van der Waals surface area contributed by atoms with Crippen molar-refractivity contribution in [3.8, 4) is 23.1 Å². The molecule has 4 heterocycles. The molecule has 35 heavy (non-hydrogen) atoms. The van der Waals surface area contributed by atoms with Gasteiger partial charge in [0, 0.05) is 47.7 Å². The number of benzene rings is 1. The number of pyridine rings is 2.